The highest BCUT2D eigenvalue weighted by molar-refractivity contribution is 6.08. The number of carbonyl (C=O) groups is 2. The molecule has 1 saturated carbocycles. The number of nitrogens with zero attached hydrogens (tertiary/aromatic N) is 3. The van der Waals surface area contributed by atoms with E-state index < -0.39 is 0 Å². The molecule has 2 heterocycles. The molecule has 2 atom stereocenters. The average molecular weight is 493 g/mol. The maximum absolute atomic E-state index is 13.7. The van der Waals surface area contributed by atoms with Crippen LogP contribution in [-0.2, 0) is 9.59 Å². The van der Waals surface area contributed by atoms with E-state index in [4.69, 9.17) is 10.8 Å². The minimum absolute atomic E-state index is 0.000424. The lowest BCUT2D eigenvalue weighted by Crippen LogP contribution is -2.44. The summed E-state index contributed by atoms with van der Waals surface area (Å²) in [7, 11) is 0. The van der Waals surface area contributed by atoms with Gasteiger partial charge in [-0.1, -0.05) is 24.3 Å². The third-order valence-corrected chi connectivity index (χ3v) is 7.53. The smallest absolute Gasteiger partial charge is 0.257 e. The molecule has 5 rings (SSSR count). The molecule has 2 aromatic carbocycles. The van der Waals surface area contributed by atoms with Crippen LogP contribution in [0.5, 0.6) is 0 Å². The van der Waals surface area contributed by atoms with E-state index >= 15 is 0 Å². The van der Waals surface area contributed by atoms with Crippen LogP contribution in [0.15, 0.2) is 59.2 Å². The highest BCUT2D eigenvalue weighted by Gasteiger charge is 2.44. The topological polar surface area (TPSA) is 79.0 Å². The van der Waals surface area contributed by atoms with Crippen molar-refractivity contribution in [1.29, 1.82) is 0 Å². The third-order valence-electron chi connectivity index (χ3n) is 7.53. The summed E-state index contributed by atoms with van der Waals surface area (Å²) in [4.78, 5) is 27.1. The molecule has 0 spiro atoms. The lowest BCUT2D eigenvalue weighted by Gasteiger charge is -2.33. The van der Waals surface area contributed by atoms with Crippen molar-refractivity contribution in [1.82, 2.24) is 9.91 Å². The van der Waals surface area contributed by atoms with Crippen molar-refractivity contribution in [3.05, 3.63) is 76.9 Å². The number of carbonyl (C=O) groups excluding carboxylic acids is 2. The summed E-state index contributed by atoms with van der Waals surface area (Å²) in [5.74, 6) is -1.16. The van der Waals surface area contributed by atoms with Crippen LogP contribution in [0.25, 0.3) is 6.08 Å². The highest BCUT2D eigenvalue weighted by Crippen LogP contribution is 2.44. The molecule has 3 aliphatic rings. The molecule has 2 N–H and O–H groups in total. The van der Waals surface area contributed by atoms with Crippen LogP contribution >= 0.6 is 0 Å². The fourth-order valence-electron chi connectivity index (χ4n) is 5.60. The van der Waals surface area contributed by atoms with Gasteiger partial charge in [0.2, 0.25) is 5.91 Å². The third kappa shape index (κ3) is 5.09. The predicted octanol–water partition coefficient (Wildman–Crippen LogP) is 4.29. The molecule has 6 nitrogen and oxygen atoms in total. The summed E-state index contributed by atoms with van der Waals surface area (Å²) in [6.45, 7) is 1.46. The summed E-state index contributed by atoms with van der Waals surface area (Å²) in [6, 6.07) is 12.3. The number of rotatable bonds is 5. The maximum atomic E-state index is 13.7. The van der Waals surface area contributed by atoms with Gasteiger partial charge < -0.3 is 5.73 Å². The number of primary amides is 1. The second kappa shape index (κ2) is 10.3. The van der Waals surface area contributed by atoms with E-state index in [1.165, 1.54) is 24.3 Å². The number of halogens is 2. The van der Waals surface area contributed by atoms with Crippen molar-refractivity contribution in [3.63, 3.8) is 0 Å². The van der Waals surface area contributed by atoms with E-state index in [1.54, 1.807) is 29.3 Å². The van der Waals surface area contributed by atoms with Gasteiger partial charge in [-0.2, -0.15) is 5.10 Å². The first-order valence-electron chi connectivity index (χ1n) is 12.5. The molecule has 2 fully saturated rings. The summed E-state index contributed by atoms with van der Waals surface area (Å²) >= 11 is 0. The van der Waals surface area contributed by atoms with Gasteiger partial charge in [-0.05, 0) is 92.2 Å². The van der Waals surface area contributed by atoms with E-state index in [1.807, 2.05) is 11.0 Å². The molecule has 1 saturated heterocycles. The molecule has 0 radical (unpaired) electrons. The molecule has 0 aromatic heterocycles. The number of nitrogens with two attached hydrogens (primary N) is 1. The molecule has 2 aliphatic heterocycles. The zero-order valence-corrected chi connectivity index (χ0v) is 20.1. The second-order valence-corrected chi connectivity index (χ2v) is 9.89. The van der Waals surface area contributed by atoms with Gasteiger partial charge in [0, 0.05) is 11.8 Å². The van der Waals surface area contributed by atoms with Crippen molar-refractivity contribution in [2.24, 2.45) is 22.7 Å². The lowest BCUT2D eigenvalue weighted by molar-refractivity contribution is -0.135. The first kappa shape index (κ1) is 24.3. The SMILES string of the molecule is NC(=O)C1CCN(CC(=O)N2N=C3C(=Cc4ccc(F)cc4)CCCC3C2c2ccc(F)cc2)CC1. The van der Waals surface area contributed by atoms with E-state index in [0.29, 0.717) is 25.9 Å². The van der Waals surface area contributed by atoms with Crippen molar-refractivity contribution in [2.45, 2.75) is 38.1 Å². The zero-order chi connectivity index (χ0) is 25.2. The van der Waals surface area contributed by atoms with Gasteiger partial charge in [0.05, 0.1) is 18.3 Å². The molecular formula is C28H30F2N4O2. The minimum atomic E-state index is -0.325. The number of benzene rings is 2. The number of likely N-dealkylation sites (tertiary alicyclic amines) is 1. The highest BCUT2D eigenvalue weighted by atomic mass is 19.1. The van der Waals surface area contributed by atoms with Crippen LogP contribution in [-0.4, -0.2) is 47.1 Å². The maximum Gasteiger partial charge on any atom is 0.257 e. The van der Waals surface area contributed by atoms with Crippen LogP contribution in [0.1, 0.15) is 49.3 Å². The van der Waals surface area contributed by atoms with Crippen LogP contribution in [0.2, 0.25) is 0 Å². The number of hydrogen-bond acceptors (Lipinski definition) is 4. The van der Waals surface area contributed by atoms with Gasteiger partial charge in [-0.25, -0.2) is 13.8 Å². The Morgan fingerprint density at radius 3 is 2.25 bits per heavy atom. The molecule has 8 heteroatoms. The minimum Gasteiger partial charge on any atom is -0.369 e. The summed E-state index contributed by atoms with van der Waals surface area (Å²) < 4.78 is 27.1. The van der Waals surface area contributed by atoms with Crippen molar-refractivity contribution >= 4 is 23.6 Å². The number of hydrazone groups is 1. The van der Waals surface area contributed by atoms with Crippen LogP contribution in [0.4, 0.5) is 8.78 Å². The van der Waals surface area contributed by atoms with Crippen LogP contribution in [0.3, 0.4) is 0 Å². The molecular weight excluding hydrogens is 462 g/mol. The van der Waals surface area contributed by atoms with Gasteiger partial charge in [0.25, 0.3) is 5.91 Å². The Morgan fingerprint density at radius 1 is 0.972 bits per heavy atom. The second-order valence-electron chi connectivity index (χ2n) is 9.89. The van der Waals surface area contributed by atoms with Gasteiger partial charge in [-0.15, -0.1) is 0 Å². The van der Waals surface area contributed by atoms with E-state index in [9.17, 15) is 18.4 Å². The van der Waals surface area contributed by atoms with E-state index in [-0.39, 0.29) is 47.9 Å². The standard InChI is InChI=1S/C28H30F2N4O2/c29-22-8-4-18(5-9-22)16-21-2-1-3-24-26(21)32-34(27(24)19-6-10-23(30)11-7-19)25(35)17-33-14-12-20(13-15-33)28(31)36/h4-11,16,20,24,27H,1-3,12-15,17H2,(H2,31,36). The monoisotopic (exact) mass is 492 g/mol. The number of piperidine rings is 1. The van der Waals surface area contributed by atoms with E-state index in [0.717, 1.165) is 41.7 Å². The fourth-order valence-corrected chi connectivity index (χ4v) is 5.60. The van der Waals surface area contributed by atoms with Gasteiger partial charge in [-0.3, -0.25) is 14.5 Å². The molecule has 1 aliphatic carbocycles. The van der Waals surface area contributed by atoms with Gasteiger partial charge >= 0.3 is 0 Å². The molecule has 2 unspecified atom stereocenters. The quantitative estimate of drug-likeness (QED) is 0.677. The molecule has 188 valence electrons. The molecule has 36 heavy (non-hydrogen) atoms. The fraction of sp³-hybridized carbons (Fsp3) is 0.393. The lowest BCUT2D eigenvalue weighted by atomic mass is 9.77. The number of fused-ring (bicyclic) bond motifs is 1. The Bertz CT molecular complexity index is 1190. The predicted molar refractivity (Wildman–Crippen MR) is 133 cm³/mol. The normalized spacial score (nSPS) is 24.0. The van der Waals surface area contributed by atoms with Gasteiger partial charge in [0.15, 0.2) is 0 Å². The number of allylic oxidation sites excluding steroid dienone is 1. The Kier molecular flexibility index (Phi) is 6.96. The summed E-state index contributed by atoms with van der Waals surface area (Å²) in [5, 5.41) is 6.44. The van der Waals surface area contributed by atoms with Crippen molar-refractivity contribution < 1.29 is 18.4 Å². The Hall–Kier alpha value is -3.39. The van der Waals surface area contributed by atoms with Gasteiger partial charge in [0.1, 0.15) is 11.6 Å². The summed E-state index contributed by atoms with van der Waals surface area (Å²) in [5.41, 5.74) is 9.10. The average Bonchev–Trinajstić information content (AvgIpc) is 3.27. The molecule has 0 bridgehead atoms. The van der Waals surface area contributed by atoms with E-state index in [2.05, 4.69) is 0 Å². The Balaban J connectivity index is 1.42. The van der Waals surface area contributed by atoms with Crippen LogP contribution in [0, 0.1) is 23.5 Å². The summed E-state index contributed by atoms with van der Waals surface area (Å²) in [6.07, 6.45) is 5.95. The first-order valence-corrected chi connectivity index (χ1v) is 12.5. The molecule has 2 amide bonds. The number of hydrogen-bond donors (Lipinski definition) is 1. The Morgan fingerprint density at radius 2 is 1.61 bits per heavy atom. The Labute approximate surface area is 209 Å². The first-order chi connectivity index (χ1) is 17.4. The zero-order valence-electron chi connectivity index (χ0n) is 20.1. The molecule has 2 aromatic rings. The van der Waals surface area contributed by atoms with Crippen LogP contribution < -0.4 is 5.73 Å². The van der Waals surface area contributed by atoms with Crippen molar-refractivity contribution in [3.8, 4) is 0 Å². The number of amides is 2. The van der Waals surface area contributed by atoms with Crippen molar-refractivity contribution in [2.75, 3.05) is 19.6 Å². The largest absolute Gasteiger partial charge is 0.369 e.